The Morgan fingerprint density at radius 1 is 1.20 bits per heavy atom. The van der Waals surface area contributed by atoms with E-state index in [0.29, 0.717) is 35.8 Å². The Kier molecular flexibility index (Phi) is 4.59. The molecule has 0 radical (unpaired) electrons. The summed E-state index contributed by atoms with van der Waals surface area (Å²) in [7, 11) is 0. The number of hydrogen-bond donors (Lipinski definition) is 0. The lowest BCUT2D eigenvalue weighted by Crippen LogP contribution is -2.22. The van der Waals surface area contributed by atoms with Crippen molar-refractivity contribution in [2.75, 3.05) is 6.61 Å². The van der Waals surface area contributed by atoms with E-state index < -0.39 is 0 Å². The number of hydrogen-bond acceptors (Lipinski definition) is 7. The van der Waals surface area contributed by atoms with E-state index in [0.717, 1.165) is 11.1 Å². The lowest BCUT2D eigenvalue weighted by molar-refractivity contribution is 0.110. The van der Waals surface area contributed by atoms with Crippen LogP contribution in [-0.2, 0) is 11.3 Å². The van der Waals surface area contributed by atoms with Crippen molar-refractivity contribution >= 4 is 11.0 Å². The first-order valence-electron chi connectivity index (χ1n) is 9.59. The van der Waals surface area contributed by atoms with E-state index in [4.69, 9.17) is 9.26 Å². The standard InChI is InChI=1S/C21H18FN5O3/c1-12-6-7-23-20-18(12)21(28)27(11-24-20)9-17-25-19(26-30-17)14-8-16(29-10-14)13-2-4-15(22)5-3-13/h2-7,11,14,16H,8-10H2,1H3/t14?,16-/m1/s1. The van der Waals surface area contributed by atoms with Gasteiger partial charge in [0, 0.05) is 12.1 Å². The lowest BCUT2D eigenvalue weighted by atomic mass is 10.00. The molecule has 1 aliphatic heterocycles. The van der Waals surface area contributed by atoms with Gasteiger partial charge in [0.2, 0.25) is 5.89 Å². The van der Waals surface area contributed by atoms with Crippen molar-refractivity contribution in [3.8, 4) is 0 Å². The smallest absolute Gasteiger partial charge is 0.263 e. The van der Waals surface area contributed by atoms with Gasteiger partial charge in [-0.3, -0.25) is 9.36 Å². The Balaban J connectivity index is 1.34. The number of nitrogens with zero attached hydrogens (tertiary/aromatic N) is 5. The van der Waals surface area contributed by atoms with Crippen molar-refractivity contribution in [3.63, 3.8) is 0 Å². The van der Waals surface area contributed by atoms with Crippen molar-refractivity contribution in [1.29, 1.82) is 0 Å². The highest BCUT2D eigenvalue weighted by atomic mass is 19.1. The number of halogens is 1. The van der Waals surface area contributed by atoms with Crippen LogP contribution in [0.25, 0.3) is 11.0 Å². The predicted molar refractivity (Wildman–Crippen MR) is 104 cm³/mol. The van der Waals surface area contributed by atoms with Crippen molar-refractivity contribution in [2.24, 2.45) is 0 Å². The Labute approximate surface area is 170 Å². The second kappa shape index (κ2) is 7.42. The van der Waals surface area contributed by atoms with E-state index in [1.54, 1.807) is 24.4 Å². The number of benzene rings is 1. The molecule has 0 N–H and O–H groups in total. The first-order chi connectivity index (χ1) is 14.6. The average molecular weight is 407 g/mol. The molecular weight excluding hydrogens is 389 g/mol. The second-order valence-corrected chi connectivity index (χ2v) is 7.36. The number of aromatic nitrogens is 5. The number of rotatable bonds is 4. The molecule has 152 valence electrons. The molecule has 1 unspecified atom stereocenters. The Morgan fingerprint density at radius 3 is 2.87 bits per heavy atom. The van der Waals surface area contributed by atoms with E-state index in [1.807, 2.05) is 6.92 Å². The minimum atomic E-state index is -0.277. The predicted octanol–water partition coefficient (Wildman–Crippen LogP) is 2.92. The average Bonchev–Trinajstić information content (AvgIpc) is 3.40. The van der Waals surface area contributed by atoms with Gasteiger partial charge in [-0.15, -0.1) is 0 Å². The zero-order chi connectivity index (χ0) is 20.7. The van der Waals surface area contributed by atoms with Crippen LogP contribution in [0.5, 0.6) is 0 Å². The first-order valence-corrected chi connectivity index (χ1v) is 9.59. The number of ether oxygens (including phenoxy) is 1. The Bertz CT molecular complexity index is 1270. The van der Waals surface area contributed by atoms with E-state index in [-0.39, 0.29) is 29.9 Å². The van der Waals surface area contributed by atoms with Crippen LogP contribution in [0.15, 0.2) is 52.2 Å². The maximum absolute atomic E-state index is 13.1. The zero-order valence-electron chi connectivity index (χ0n) is 16.2. The van der Waals surface area contributed by atoms with E-state index in [1.165, 1.54) is 23.0 Å². The van der Waals surface area contributed by atoms with Crippen LogP contribution in [0.4, 0.5) is 4.39 Å². The summed E-state index contributed by atoms with van der Waals surface area (Å²) in [6, 6.07) is 8.06. The zero-order valence-corrected chi connectivity index (χ0v) is 16.2. The third kappa shape index (κ3) is 3.37. The Hall–Kier alpha value is -3.46. The van der Waals surface area contributed by atoms with E-state index >= 15 is 0 Å². The SMILES string of the molecule is Cc1ccnc2ncn(Cc3nc(C4CO[C@@H](c5ccc(F)cc5)C4)no3)c(=O)c12. The lowest BCUT2D eigenvalue weighted by Gasteiger charge is -2.08. The van der Waals surface area contributed by atoms with Gasteiger partial charge in [-0.1, -0.05) is 17.3 Å². The number of fused-ring (bicyclic) bond motifs is 1. The maximum atomic E-state index is 13.1. The molecule has 0 amide bonds. The fraction of sp³-hybridized carbons (Fsp3) is 0.286. The third-order valence-electron chi connectivity index (χ3n) is 5.33. The van der Waals surface area contributed by atoms with Crippen LogP contribution in [0.3, 0.4) is 0 Å². The van der Waals surface area contributed by atoms with Crippen LogP contribution in [-0.4, -0.2) is 31.3 Å². The molecule has 0 spiro atoms. The normalized spacial score (nSPS) is 18.9. The molecule has 1 aliphatic rings. The summed E-state index contributed by atoms with van der Waals surface area (Å²) in [5.74, 6) is 0.547. The van der Waals surface area contributed by atoms with E-state index in [2.05, 4.69) is 20.1 Å². The highest BCUT2D eigenvalue weighted by molar-refractivity contribution is 5.76. The van der Waals surface area contributed by atoms with Gasteiger partial charge < -0.3 is 9.26 Å². The van der Waals surface area contributed by atoms with Gasteiger partial charge in [-0.2, -0.15) is 4.98 Å². The fourth-order valence-corrected chi connectivity index (χ4v) is 3.70. The minimum absolute atomic E-state index is 0.0320. The molecule has 1 aromatic carbocycles. The highest BCUT2D eigenvalue weighted by Gasteiger charge is 2.31. The largest absolute Gasteiger partial charge is 0.373 e. The first kappa shape index (κ1) is 18.6. The number of pyridine rings is 1. The molecule has 0 saturated carbocycles. The van der Waals surface area contributed by atoms with Crippen molar-refractivity contribution < 1.29 is 13.7 Å². The Morgan fingerprint density at radius 2 is 2.03 bits per heavy atom. The van der Waals surface area contributed by atoms with Crippen LogP contribution in [0.1, 0.15) is 41.3 Å². The third-order valence-corrected chi connectivity index (χ3v) is 5.33. The molecule has 30 heavy (non-hydrogen) atoms. The maximum Gasteiger partial charge on any atom is 0.263 e. The quantitative estimate of drug-likeness (QED) is 0.513. The minimum Gasteiger partial charge on any atom is -0.373 e. The topological polar surface area (TPSA) is 95.9 Å². The summed E-state index contributed by atoms with van der Waals surface area (Å²) in [5, 5.41) is 4.55. The summed E-state index contributed by atoms with van der Waals surface area (Å²) < 4.78 is 25.8. The molecule has 4 heterocycles. The summed E-state index contributed by atoms with van der Waals surface area (Å²) in [4.78, 5) is 25.6. The summed E-state index contributed by atoms with van der Waals surface area (Å²) in [5.41, 5.74) is 1.94. The molecule has 9 heteroatoms. The van der Waals surface area contributed by atoms with Crippen LogP contribution in [0, 0.1) is 12.7 Å². The van der Waals surface area contributed by atoms with Gasteiger partial charge in [0.1, 0.15) is 18.7 Å². The molecule has 2 atom stereocenters. The van der Waals surface area contributed by atoms with Gasteiger partial charge >= 0.3 is 0 Å². The monoisotopic (exact) mass is 407 g/mol. The number of aryl methyl sites for hydroxylation is 1. The fourth-order valence-electron chi connectivity index (χ4n) is 3.70. The molecule has 5 rings (SSSR count). The summed E-state index contributed by atoms with van der Waals surface area (Å²) in [6.07, 6.45) is 3.60. The van der Waals surface area contributed by atoms with E-state index in [9.17, 15) is 9.18 Å². The van der Waals surface area contributed by atoms with Crippen molar-refractivity contribution in [2.45, 2.75) is 31.9 Å². The van der Waals surface area contributed by atoms with Gasteiger partial charge in [0.05, 0.1) is 18.1 Å². The van der Waals surface area contributed by atoms with Gasteiger partial charge in [-0.05, 0) is 42.7 Å². The van der Waals surface area contributed by atoms with Crippen molar-refractivity contribution in [3.05, 3.63) is 81.9 Å². The summed E-state index contributed by atoms with van der Waals surface area (Å²) in [6.45, 7) is 2.42. The molecule has 0 aliphatic carbocycles. The van der Waals surface area contributed by atoms with Gasteiger partial charge in [0.15, 0.2) is 11.5 Å². The van der Waals surface area contributed by atoms with Gasteiger partial charge in [0.25, 0.3) is 5.56 Å². The molecule has 1 fully saturated rings. The molecule has 0 bridgehead atoms. The van der Waals surface area contributed by atoms with Gasteiger partial charge in [-0.25, -0.2) is 14.4 Å². The molecule has 3 aromatic heterocycles. The van der Waals surface area contributed by atoms with Crippen LogP contribution >= 0.6 is 0 Å². The highest BCUT2D eigenvalue weighted by Crippen LogP contribution is 2.37. The molecule has 1 saturated heterocycles. The summed E-state index contributed by atoms with van der Waals surface area (Å²) >= 11 is 0. The molecule has 8 nitrogen and oxygen atoms in total. The molecule has 4 aromatic rings. The van der Waals surface area contributed by atoms with Crippen LogP contribution in [0.2, 0.25) is 0 Å². The second-order valence-electron chi connectivity index (χ2n) is 7.36. The van der Waals surface area contributed by atoms with Crippen molar-refractivity contribution in [1.82, 2.24) is 24.7 Å². The van der Waals surface area contributed by atoms with Crippen LogP contribution < -0.4 is 5.56 Å². The molecular formula is C21H18FN5O3.